The number of para-hydroxylation sites is 1. The molecule has 11 aromatic rings. The molecule has 61 heavy (non-hydrogen) atoms. The standard InChI is InChI=1S/C58H37NOS/c1-3-13-38(14-4-1)40-25-30-43(31-26-40)59(44-32-27-41(28-33-44)45-19-11-21-51-48-18-8-10-24-56(48)61-58(45)51)53-22-12-20-49-46(53)35-36-55-57(49)50-34-29-42(39-15-5-2-6-16-39)37-52(50)47-17-7-9-23-54(47)60-55/h1-37H. The largest absolute Gasteiger partial charge is 0.456 e. The molecule has 0 atom stereocenters. The molecule has 1 aliphatic heterocycles. The van der Waals surface area contributed by atoms with Gasteiger partial charge in [-0.15, -0.1) is 11.3 Å². The molecule has 0 saturated heterocycles. The predicted molar refractivity (Wildman–Crippen MR) is 259 cm³/mol. The lowest BCUT2D eigenvalue weighted by molar-refractivity contribution is 0.488. The fourth-order valence-corrected chi connectivity index (χ4v) is 10.4. The van der Waals surface area contributed by atoms with Gasteiger partial charge in [0.05, 0.1) is 5.69 Å². The minimum Gasteiger partial charge on any atom is -0.456 e. The maximum absolute atomic E-state index is 6.86. The van der Waals surface area contributed by atoms with E-state index in [1.807, 2.05) is 11.3 Å². The molecule has 0 saturated carbocycles. The summed E-state index contributed by atoms with van der Waals surface area (Å²) in [6.45, 7) is 0. The highest BCUT2D eigenvalue weighted by Gasteiger charge is 2.25. The van der Waals surface area contributed by atoms with Crippen molar-refractivity contribution >= 4 is 59.3 Å². The molecule has 1 aromatic heterocycles. The van der Waals surface area contributed by atoms with Crippen LogP contribution < -0.4 is 9.64 Å². The molecule has 2 heterocycles. The summed E-state index contributed by atoms with van der Waals surface area (Å²) in [5.41, 5.74) is 15.0. The van der Waals surface area contributed by atoms with Crippen LogP contribution in [-0.4, -0.2) is 0 Å². The molecule has 0 fully saturated rings. The van der Waals surface area contributed by atoms with Crippen LogP contribution in [0.5, 0.6) is 11.5 Å². The van der Waals surface area contributed by atoms with E-state index in [2.05, 4.69) is 229 Å². The summed E-state index contributed by atoms with van der Waals surface area (Å²) in [6.07, 6.45) is 0. The average Bonchev–Trinajstić information content (AvgIpc) is 3.65. The highest BCUT2D eigenvalue weighted by Crippen LogP contribution is 2.52. The maximum Gasteiger partial charge on any atom is 0.135 e. The Morgan fingerprint density at radius 3 is 1.70 bits per heavy atom. The molecule has 286 valence electrons. The number of anilines is 3. The van der Waals surface area contributed by atoms with Gasteiger partial charge < -0.3 is 9.64 Å². The summed E-state index contributed by atoms with van der Waals surface area (Å²) in [5, 5.41) is 4.89. The second-order valence-electron chi connectivity index (χ2n) is 15.6. The van der Waals surface area contributed by atoms with Gasteiger partial charge in [-0.25, -0.2) is 0 Å². The summed E-state index contributed by atoms with van der Waals surface area (Å²) < 4.78 is 9.49. The van der Waals surface area contributed by atoms with Gasteiger partial charge in [0.15, 0.2) is 0 Å². The van der Waals surface area contributed by atoms with Crippen molar-refractivity contribution in [2.75, 3.05) is 4.90 Å². The van der Waals surface area contributed by atoms with Crippen LogP contribution in [0.1, 0.15) is 0 Å². The highest BCUT2D eigenvalue weighted by atomic mass is 32.1. The number of rotatable bonds is 6. The van der Waals surface area contributed by atoms with E-state index in [0.717, 1.165) is 61.6 Å². The zero-order valence-corrected chi connectivity index (χ0v) is 33.9. The summed E-state index contributed by atoms with van der Waals surface area (Å²) in [7, 11) is 0. The van der Waals surface area contributed by atoms with Crippen LogP contribution in [0.3, 0.4) is 0 Å². The van der Waals surface area contributed by atoms with Crippen molar-refractivity contribution in [2.24, 2.45) is 0 Å². The SMILES string of the molecule is c1ccc(-c2ccc(N(c3ccc(-c4cccc5c4sc4ccccc45)cc3)c3cccc4c5c(ccc34)Oc3ccccc3-c3cc(-c4ccccc4)ccc3-5)cc2)cc1. The predicted octanol–water partition coefficient (Wildman–Crippen LogP) is 17.1. The van der Waals surface area contributed by atoms with Crippen molar-refractivity contribution in [1.82, 2.24) is 0 Å². The molecule has 0 aliphatic carbocycles. The zero-order valence-electron chi connectivity index (χ0n) is 33.1. The van der Waals surface area contributed by atoms with Crippen LogP contribution in [0.4, 0.5) is 17.1 Å². The number of nitrogens with zero attached hydrogens (tertiary/aromatic N) is 1. The van der Waals surface area contributed by atoms with Crippen molar-refractivity contribution in [3.63, 3.8) is 0 Å². The Labute approximate surface area is 358 Å². The molecule has 0 amide bonds. The van der Waals surface area contributed by atoms with Gasteiger partial charge in [-0.3, -0.25) is 0 Å². The minimum atomic E-state index is 0.849. The first-order valence-corrected chi connectivity index (χ1v) is 21.6. The fourth-order valence-electron chi connectivity index (χ4n) is 9.20. The van der Waals surface area contributed by atoms with E-state index in [-0.39, 0.29) is 0 Å². The van der Waals surface area contributed by atoms with E-state index in [4.69, 9.17) is 4.74 Å². The lowest BCUT2D eigenvalue weighted by atomic mass is 9.88. The molecule has 12 rings (SSSR count). The van der Waals surface area contributed by atoms with E-state index in [9.17, 15) is 0 Å². The monoisotopic (exact) mass is 795 g/mol. The van der Waals surface area contributed by atoms with E-state index >= 15 is 0 Å². The third-order valence-electron chi connectivity index (χ3n) is 12.1. The molecule has 0 N–H and O–H groups in total. The molecule has 3 heteroatoms. The lowest BCUT2D eigenvalue weighted by Crippen LogP contribution is -2.10. The van der Waals surface area contributed by atoms with Crippen molar-refractivity contribution < 1.29 is 4.74 Å². The van der Waals surface area contributed by atoms with Crippen molar-refractivity contribution in [1.29, 1.82) is 0 Å². The van der Waals surface area contributed by atoms with Crippen LogP contribution >= 0.6 is 11.3 Å². The molecule has 1 aliphatic rings. The second-order valence-corrected chi connectivity index (χ2v) is 16.7. The van der Waals surface area contributed by atoms with Crippen molar-refractivity contribution in [2.45, 2.75) is 0 Å². The average molecular weight is 796 g/mol. The van der Waals surface area contributed by atoms with Gasteiger partial charge >= 0.3 is 0 Å². The van der Waals surface area contributed by atoms with E-state index in [1.165, 1.54) is 53.6 Å². The summed E-state index contributed by atoms with van der Waals surface area (Å²) >= 11 is 1.87. The Kier molecular flexibility index (Phi) is 8.39. The topological polar surface area (TPSA) is 12.5 Å². The molecule has 0 unspecified atom stereocenters. The van der Waals surface area contributed by atoms with E-state index < -0.39 is 0 Å². The number of fused-ring (bicyclic) bond motifs is 10. The van der Waals surface area contributed by atoms with Crippen molar-refractivity contribution in [3.05, 3.63) is 224 Å². The Hall–Kier alpha value is -7.72. The number of thiophene rings is 1. The number of benzene rings is 10. The maximum atomic E-state index is 6.86. The summed E-state index contributed by atoms with van der Waals surface area (Å²) in [4.78, 5) is 2.40. The third kappa shape index (κ3) is 6.01. The number of hydrogen-bond acceptors (Lipinski definition) is 3. The molecular formula is C58H37NOS. The molecular weight excluding hydrogens is 759 g/mol. The van der Waals surface area contributed by atoms with Crippen LogP contribution in [0, 0.1) is 0 Å². The molecule has 0 radical (unpaired) electrons. The van der Waals surface area contributed by atoms with Crippen LogP contribution in [0.2, 0.25) is 0 Å². The second kappa shape index (κ2) is 14.5. The molecule has 0 spiro atoms. The van der Waals surface area contributed by atoms with E-state index in [1.54, 1.807) is 0 Å². The Balaban J connectivity index is 1.03. The van der Waals surface area contributed by atoms with Gasteiger partial charge in [0.1, 0.15) is 11.5 Å². The van der Waals surface area contributed by atoms with Crippen LogP contribution in [0.25, 0.3) is 86.6 Å². The van der Waals surface area contributed by atoms with Gasteiger partial charge in [0.2, 0.25) is 0 Å². The lowest BCUT2D eigenvalue weighted by Gasteiger charge is -2.28. The van der Waals surface area contributed by atoms with Crippen LogP contribution in [-0.2, 0) is 0 Å². The van der Waals surface area contributed by atoms with Gasteiger partial charge in [-0.05, 0) is 111 Å². The third-order valence-corrected chi connectivity index (χ3v) is 13.3. The quantitative estimate of drug-likeness (QED) is 0.166. The van der Waals surface area contributed by atoms with Gasteiger partial charge in [-0.2, -0.15) is 0 Å². The van der Waals surface area contributed by atoms with Gasteiger partial charge in [0.25, 0.3) is 0 Å². The van der Waals surface area contributed by atoms with E-state index in [0.29, 0.717) is 0 Å². The fraction of sp³-hybridized carbons (Fsp3) is 0. The number of hydrogen-bond donors (Lipinski definition) is 0. The van der Waals surface area contributed by atoms with Crippen molar-refractivity contribution in [3.8, 4) is 67.1 Å². The van der Waals surface area contributed by atoms with Gasteiger partial charge in [0, 0.05) is 48.1 Å². The molecule has 0 bridgehead atoms. The zero-order chi connectivity index (χ0) is 40.3. The first kappa shape index (κ1) is 35.2. The first-order chi connectivity index (χ1) is 30.2. The highest BCUT2D eigenvalue weighted by molar-refractivity contribution is 7.26. The smallest absolute Gasteiger partial charge is 0.135 e. The minimum absolute atomic E-state index is 0.849. The molecule has 2 nitrogen and oxygen atoms in total. The Bertz CT molecular complexity index is 3420. The number of ether oxygens (including phenoxy) is 1. The summed E-state index contributed by atoms with van der Waals surface area (Å²) in [6, 6.07) is 81.0. The Morgan fingerprint density at radius 1 is 0.328 bits per heavy atom. The Morgan fingerprint density at radius 2 is 0.918 bits per heavy atom. The molecule has 10 aromatic carbocycles. The normalized spacial score (nSPS) is 11.7. The van der Waals surface area contributed by atoms with Gasteiger partial charge in [-0.1, -0.05) is 164 Å². The summed E-state index contributed by atoms with van der Waals surface area (Å²) in [5.74, 6) is 1.71. The first-order valence-electron chi connectivity index (χ1n) is 20.7. The van der Waals surface area contributed by atoms with Crippen LogP contribution in [0.15, 0.2) is 224 Å².